The van der Waals surface area contributed by atoms with Gasteiger partial charge in [-0.15, -0.1) is 0 Å². The van der Waals surface area contributed by atoms with Crippen molar-refractivity contribution in [3.63, 3.8) is 0 Å². The summed E-state index contributed by atoms with van der Waals surface area (Å²) in [7, 11) is 1.69. The van der Waals surface area contributed by atoms with Crippen LogP contribution >= 0.6 is 0 Å². The van der Waals surface area contributed by atoms with E-state index in [9.17, 15) is 4.79 Å². The van der Waals surface area contributed by atoms with Gasteiger partial charge in [0.1, 0.15) is 5.75 Å². The molecule has 0 spiro atoms. The number of nitrogens with one attached hydrogen (secondary N) is 1. The molecule has 1 aliphatic heterocycles. The first kappa shape index (κ1) is 17.7. The largest absolute Gasteiger partial charge is 0.497 e. The Kier molecular flexibility index (Phi) is 5.14. The molecular weight excluding hydrogens is 336 g/mol. The summed E-state index contributed by atoms with van der Waals surface area (Å²) in [4.78, 5) is 18.3. The highest BCUT2D eigenvalue weighted by molar-refractivity contribution is 5.82. The summed E-state index contributed by atoms with van der Waals surface area (Å²) in [5.74, 6) is 1.51. The van der Waals surface area contributed by atoms with Gasteiger partial charge in [0.2, 0.25) is 5.91 Å². The number of nitrogens with zero attached hydrogens (tertiary/aromatic N) is 1. The highest BCUT2D eigenvalue weighted by Crippen LogP contribution is 2.30. The molecular formula is C23H26N2O2. The van der Waals surface area contributed by atoms with Crippen molar-refractivity contribution in [2.45, 2.75) is 31.6 Å². The number of piperidine rings is 1. The van der Waals surface area contributed by atoms with Crippen LogP contribution in [0.5, 0.6) is 5.75 Å². The summed E-state index contributed by atoms with van der Waals surface area (Å²) in [6.45, 7) is 1.68. The SMILES string of the molecule is COc1ccc2[nH]c(C3CCCN(C(=O)CCc4ccccc4)C3)cc2c1. The summed E-state index contributed by atoms with van der Waals surface area (Å²) in [5, 5.41) is 1.16. The third kappa shape index (κ3) is 4.00. The lowest BCUT2D eigenvalue weighted by molar-refractivity contribution is -0.132. The molecule has 4 heteroatoms. The van der Waals surface area contributed by atoms with Crippen LogP contribution in [-0.4, -0.2) is 36.0 Å². The van der Waals surface area contributed by atoms with Crippen molar-refractivity contribution < 1.29 is 9.53 Å². The van der Waals surface area contributed by atoms with Crippen LogP contribution in [0.15, 0.2) is 54.6 Å². The van der Waals surface area contributed by atoms with E-state index in [1.54, 1.807) is 7.11 Å². The van der Waals surface area contributed by atoms with Crippen molar-refractivity contribution in [3.8, 4) is 5.75 Å². The molecule has 1 amide bonds. The smallest absolute Gasteiger partial charge is 0.222 e. The Morgan fingerprint density at radius 3 is 2.85 bits per heavy atom. The Bertz CT molecular complexity index is 917. The van der Waals surface area contributed by atoms with Crippen LogP contribution in [0.3, 0.4) is 0 Å². The molecule has 1 N–H and O–H groups in total. The highest BCUT2D eigenvalue weighted by Gasteiger charge is 2.25. The van der Waals surface area contributed by atoms with Gasteiger partial charge in [-0.3, -0.25) is 4.79 Å². The second kappa shape index (κ2) is 7.87. The summed E-state index contributed by atoms with van der Waals surface area (Å²) >= 11 is 0. The Labute approximate surface area is 160 Å². The Morgan fingerprint density at radius 1 is 1.19 bits per heavy atom. The zero-order valence-electron chi connectivity index (χ0n) is 15.8. The number of aromatic amines is 1. The minimum absolute atomic E-state index is 0.265. The molecule has 2 aromatic carbocycles. The molecule has 1 atom stereocenters. The van der Waals surface area contributed by atoms with E-state index in [1.165, 1.54) is 11.3 Å². The number of aryl methyl sites for hydroxylation is 1. The average molecular weight is 362 g/mol. The molecule has 4 nitrogen and oxygen atoms in total. The second-order valence-electron chi connectivity index (χ2n) is 7.34. The number of hydrogen-bond acceptors (Lipinski definition) is 2. The standard InChI is InChI=1S/C23H26N2O2/c1-27-20-10-11-21-19(14-20)15-22(24-21)18-8-5-13-25(16-18)23(26)12-9-17-6-3-2-4-7-17/h2-4,6-7,10-11,14-15,18,24H,5,8-9,12-13,16H2,1H3. The molecule has 4 rings (SSSR count). The van der Waals surface area contributed by atoms with Crippen molar-refractivity contribution in [2.75, 3.05) is 20.2 Å². The van der Waals surface area contributed by atoms with E-state index in [-0.39, 0.29) is 5.91 Å². The van der Waals surface area contributed by atoms with Crippen molar-refractivity contribution in [1.29, 1.82) is 0 Å². The zero-order chi connectivity index (χ0) is 18.6. The van der Waals surface area contributed by atoms with E-state index in [4.69, 9.17) is 4.74 Å². The molecule has 0 saturated carbocycles. The maximum absolute atomic E-state index is 12.7. The van der Waals surface area contributed by atoms with E-state index in [1.807, 2.05) is 29.2 Å². The number of ether oxygens (including phenoxy) is 1. The number of H-pyrrole nitrogens is 1. The van der Waals surface area contributed by atoms with Crippen LogP contribution in [0.2, 0.25) is 0 Å². The number of benzene rings is 2. The fraction of sp³-hybridized carbons (Fsp3) is 0.348. The van der Waals surface area contributed by atoms with Crippen LogP contribution in [0, 0.1) is 0 Å². The van der Waals surface area contributed by atoms with Gasteiger partial charge < -0.3 is 14.6 Å². The quantitative estimate of drug-likeness (QED) is 0.725. The van der Waals surface area contributed by atoms with Gasteiger partial charge in [0, 0.05) is 42.0 Å². The first-order valence-corrected chi connectivity index (χ1v) is 9.71. The average Bonchev–Trinajstić information content (AvgIpc) is 3.16. The molecule has 1 unspecified atom stereocenters. The number of fused-ring (bicyclic) bond motifs is 1. The molecule has 0 aliphatic carbocycles. The third-order valence-electron chi connectivity index (χ3n) is 5.53. The second-order valence-corrected chi connectivity index (χ2v) is 7.34. The zero-order valence-corrected chi connectivity index (χ0v) is 15.8. The summed E-state index contributed by atoms with van der Waals surface area (Å²) in [6, 6.07) is 18.5. The van der Waals surface area contributed by atoms with Gasteiger partial charge in [-0.05, 0) is 49.1 Å². The lowest BCUT2D eigenvalue weighted by Crippen LogP contribution is -2.39. The Hall–Kier alpha value is -2.75. The number of methoxy groups -OCH3 is 1. The molecule has 1 fully saturated rings. The number of hydrogen-bond donors (Lipinski definition) is 1. The van der Waals surface area contributed by atoms with Gasteiger partial charge in [0.25, 0.3) is 0 Å². The molecule has 1 saturated heterocycles. The third-order valence-corrected chi connectivity index (χ3v) is 5.53. The topological polar surface area (TPSA) is 45.3 Å². The molecule has 3 aromatic rings. The van der Waals surface area contributed by atoms with Crippen LogP contribution in [0.1, 0.15) is 36.4 Å². The summed E-state index contributed by atoms with van der Waals surface area (Å²) in [6.07, 6.45) is 3.57. The molecule has 0 bridgehead atoms. The number of carbonyl (C=O) groups is 1. The maximum Gasteiger partial charge on any atom is 0.222 e. The van der Waals surface area contributed by atoms with Gasteiger partial charge in [-0.25, -0.2) is 0 Å². The van der Waals surface area contributed by atoms with Crippen LogP contribution in [0.4, 0.5) is 0 Å². The first-order valence-electron chi connectivity index (χ1n) is 9.71. The van der Waals surface area contributed by atoms with Gasteiger partial charge in [-0.1, -0.05) is 30.3 Å². The molecule has 0 radical (unpaired) electrons. The summed E-state index contributed by atoms with van der Waals surface area (Å²) < 4.78 is 5.32. The predicted octanol–water partition coefficient (Wildman–Crippen LogP) is 4.52. The van der Waals surface area contributed by atoms with Crippen molar-refractivity contribution >= 4 is 16.8 Å². The number of rotatable bonds is 5. The van der Waals surface area contributed by atoms with Gasteiger partial charge >= 0.3 is 0 Å². The fourth-order valence-electron chi connectivity index (χ4n) is 3.99. The normalized spacial score (nSPS) is 17.2. The fourth-order valence-corrected chi connectivity index (χ4v) is 3.99. The van der Waals surface area contributed by atoms with Crippen LogP contribution < -0.4 is 4.74 Å². The predicted molar refractivity (Wildman–Crippen MR) is 108 cm³/mol. The molecule has 140 valence electrons. The minimum atomic E-state index is 0.265. The maximum atomic E-state index is 12.7. The molecule has 1 aromatic heterocycles. The van der Waals surface area contributed by atoms with Crippen molar-refractivity contribution in [3.05, 3.63) is 65.9 Å². The Balaban J connectivity index is 1.42. The molecule has 1 aliphatic rings. The van der Waals surface area contributed by atoms with Crippen LogP contribution in [-0.2, 0) is 11.2 Å². The number of likely N-dealkylation sites (tertiary alicyclic amines) is 1. The Morgan fingerprint density at radius 2 is 2.04 bits per heavy atom. The lowest BCUT2D eigenvalue weighted by Gasteiger charge is -2.32. The number of aromatic nitrogens is 1. The minimum Gasteiger partial charge on any atom is -0.497 e. The number of carbonyl (C=O) groups excluding carboxylic acids is 1. The van der Waals surface area contributed by atoms with E-state index < -0.39 is 0 Å². The summed E-state index contributed by atoms with van der Waals surface area (Å²) in [5.41, 5.74) is 3.57. The van der Waals surface area contributed by atoms with Gasteiger partial charge in [-0.2, -0.15) is 0 Å². The van der Waals surface area contributed by atoms with Gasteiger partial charge in [0.05, 0.1) is 7.11 Å². The van der Waals surface area contributed by atoms with E-state index in [0.29, 0.717) is 12.3 Å². The highest BCUT2D eigenvalue weighted by atomic mass is 16.5. The van der Waals surface area contributed by atoms with Gasteiger partial charge in [0.15, 0.2) is 0 Å². The molecule has 27 heavy (non-hydrogen) atoms. The van der Waals surface area contributed by atoms with E-state index in [2.05, 4.69) is 35.3 Å². The van der Waals surface area contributed by atoms with E-state index >= 15 is 0 Å². The monoisotopic (exact) mass is 362 g/mol. The molecule has 2 heterocycles. The lowest BCUT2D eigenvalue weighted by atomic mass is 9.94. The number of amides is 1. The van der Waals surface area contributed by atoms with E-state index in [0.717, 1.165) is 49.0 Å². The van der Waals surface area contributed by atoms with Crippen molar-refractivity contribution in [1.82, 2.24) is 9.88 Å². The van der Waals surface area contributed by atoms with Crippen LogP contribution in [0.25, 0.3) is 10.9 Å². The first-order chi connectivity index (χ1) is 13.2. The van der Waals surface area contributed by atoms with Crippen molar-refractivity contribution in [2.24, 2.45) is 0 Å².